The average molecular weight is 537 g/mol. The fraction of sp³-hybridized carbons (Fsp3) is 0.357. The summed E-state index contributed by atoms with van der Waals surface area (Å²) in [6.07, 6.45) is 9.35. The number of alkyl carbamates (subject to hydrolysis) is 1. The molecule has 8 nitrogen and oxygen atoms in total. The first-order chi connectivity index (χ1) is 18.2. The van der Waals surface area contributed by atoms with Crippen LogP contribution < -0.4 is 16.0 Å². The summed E-state index contributed by atoms with van der Waals surface area (Å²) in [5.74, 6) is 0.0818. The Kier molecular flexibility index (Phi) is 8.83. The Bertz CT molecular complexity index is 1320. The van der Waals surface area contributed by atoms with Gasteiger partial charge >= 0.3 is 6.09 Å². The normalized spacial score (nSPS) is 17.8. The quantitative estimate of drug-likeness (QED) is 0.229. The Morgan fingerprint density at radius 2 is 1.95 bits per heavy atom. The third kappa shape index (κ3) is 7.92. The molecule has 0 spiro atoms. The Balaban J connectivity index is 1.35. The highest BCUT2D eigenvalue weighted by Crippen LogP contribution is 2.34. The van der Waals surface area contributed by atoms with Crippen LogP contribution in [0.3, 0.4) is 0 Å². The van der Waals surface area contributed by atoms with Crippen LogP contribution in [0.15, 0.2) is 59.9 Å². The van der Waals surface area contributed by atoms with E-state index in [0.717, 1.165) is 47.8 Å². The summed E-state index contributed by atoms with van der Waals surface area (Å²) in [5.41, 5.74) is 1.17. The molecular formula is C28H33FN6O2S. The standard InChI is InChI=1S/C28H33FN6O2S/c1-28(2,3)37-27(36)33-19-6-9-21(10-7-19)38-26-12-5-18-17-32-25(16-24(18)35-26)34-23-11-8-20(15-22(23)29)31-14-4-13-30/h4-5,8,11-17,19,21,30-31H,6-7,9-10H2,1-3H3,(H,32,34)(H,33,36)/b14-4-,30-13?. The first-order valence-corrected chi connectivity index (χ1v) is 13.5. The summed E-state index contributed by atoms with van der Waals surface area (Å²) in [6.45, 7) is 5.59. The van der Waals surface area contributed by atoms with Crippen LogP contribution in [0.25, 0.3) is 10.9 Å². The van der Waals surface area contributed by atoms with Gasteiger partial charge in [-0.25, -0.2) is 19.2 Å². The number of carbonyl (C=O) groups is 1. The van der Waals surface area contributed by atoms with E-state index in [2.05, 4.69) is 20.9 Å². The summed E-state index contributed by atoms with van der Waals surface area (Å²) < 4.78 is 20.0. The van der Waals surface area contributed by atoms with E-state index >= 15 is 0 Å². The summed E-state index contributed by atoms with van der Waals surface area (Å²) in [5, 5.41) is 18.2. The summed E-state index contributed by atoms with van der Waals surface area (Å²) in [4.78, 5) is 21.3. The lowest BCUT2D eigenvalue weighted by Crippen LogP contribution is -2.41. The Morgan fingerprint density at radius 3 is 2.66 bits per heavy atom. The number of anilines is 3. The molecule has 1 aromatic carbocycles. The van der Waals surface area contributed by atoms with E-state index in [1.165, 1.54) is 12.1 Å². The van der Waals surface area contributed by atoms with Crippen molar-refractivity contribution in [3.8, 4) is 0 Å². The number of allylic oxidation sites excluding steroid dienone is 1. The molecule has 4 N–H and O–H groups in total. The number of pyridine rings is 2. The van der Waals surface area contributed by atoms with Crippen molar-refractivity contribution >= 4 is 52.2 Å². The molecule has 1 aliphatic rings. The largest absolute Gasteiger partial charge is 0.444 e. The number of rotatable bonds is 8. The van der Waals surface area contributed by atoms with Gasteiger partial charge in [-0.05, 0) is 82.9 Å². The summed E-state index contributed by atoms with van der Waals surface area (Å²) in [7, 11) is 0. The van der Waals surface area contributed by atoms with E-state index in [1.54, 1.807) is 36.3 Å². The smallest absolute Gasteiger partial charge is 0.407 e. The number of nitrogens with zero attached hydrogens (tertiary/aromatic N) is 2. The molecule has 0 radical (unpaired) electrons. The van der Waals surface area contributed by atoms with Crippen molar-refractivity contribution in [2.45, 2.75) is 68.4 Å². The molecule has 2 heterocycles. The second kappa shape index (κ2) is 12.3. The van der Waals surface area contributed by atoms with Crippen LogP contribution in [0, 0.1) is 11.2 Å². The van der Waals surface area contributed by atoms with E-state index in [9.17, 15) is 9.18 Å². The molecule has 4 rings (SSSR count). The van der Waals surface area contributed by atoms with Crippen LogP contribution >= 0.6 is 11.8 Å². The molecular weight excluding hydrogens is 503 g/mol. The van der Waals surface area contributed by atoms with Gasteiger partial charge in [0.1, 0.15) is 17.2 Å². The van der Waals surface area contributed by atoms with Crippen molar-refractivity contribution in [1.82, 2.24) is 15.3 Å². The van der Waals surface area contributed by atoms with Crippen LogP contribution in [-0.2, 0) is 4.74 Å². The number of fused-ring (bicyclic) bond motifs is 1. The van der Waals surface area contributed by atoms with Crippen LogP contribution in [0.4, 0.5) is 26.4 Å². The lowest BCUT2D eigenvalue weighted by Gasteiger charge is -2.29. The number of carbonyl (C=O) groups excluding carboxylic acids is 1. The van der Waals surface area contributed by atoms with Gasteiger partial charge in [-0.2, -0.15) is 0 Å². The summed E-state index contributed by atoms with van der Waals surface area (Å²) in [6, 6.07) is 10.7. The number of halogens is 1. The molecule has 0 unspecified atom stereocenters. The molecule has 1 amide bonds. The molecule has 10 heteroatoms. The third-order valence-corrected chi connectivity index (χ3v) is 7.18. The van der Waals surface area contributed by atoms with Crippen LogP contribution in [0.1, 0.15) is 46.5 Å². The van der Waals surface area contributed by atoms with Crippen molar-refractivity contribution in [3.05, 3.63) is 60.7 Å². The maximum Gasteiger partial charge on any atom is 0.407 e. The molecule has 0 aliphatic heterocycles. The number of aromatic nitrogens is 2. The van der Waals surface area contributed by atoms with Gasteiger partial charge in [-0.3, -0.25) is 0 Å². The maximum atomic E-state index is 14.6. The lowest BCUT2D eigenvalue weighted by atomic mass is 9.95. The molecule has 1 saturated carbocycles. The van der Waals surface area contributed by atoms with Gasteiger partial charge in [0, 0.05) is 47.0 Å². The zero-order chi connectivity index (χ0) is 27.1. The topological polar surface area (TPSA) is 112 Å². The van der Waals surface area contributed by atoms with Crippen LogP contribution in [0.5, 0.6) is 0 Å². The molecule has 3 aromatic rings. The van der Waals surface area contributed by atoms with Crippen molar-refractivity contribution in [1.29, 1.82) is 5.41 Å². The lowest BCUT2D eigenvalue weighted by molar-refractivity contribution is 0.0493. The van der Waals surface area contributed by atoms with Gasteiger partial charge in [-0.1, -0.05) is 0 Å². The predicted octanol–water partition coefficient (Wildman–Crippen LogP) is 7.02. The minimum absolute atomic E-state index is 0.134. The molecule has 1 fully saturated rings. The van der Waals surface area contributed by atoms with Gasteiger partial charge in [0.05, 0.1) is 16.2 Å². The second-order valence-electron chi connectivity index (χ2n) is 10.1. The number of ether oxygens (including phenoxy) is 1. The number of amides is 1. The number of nitrogens with one attached hydrogen (secondary N) is 4. The Labute approximate surface area is 226 Å². The Morgan fingerprint density at radius 1 is 1.16 bits per heavy atom. The van der Waals surface area contributed by atoms with Gasteiger partial charge < -0.3 is 26.1 Å². The van der Waals surface area contributed by atoms with Crippen LogP contribution in [0.2, 0.25) is 0 Å². The fourth-order valence-electron chi connectivity index (χ4n) is 4.14. The van der Waals surface area contributed by atoms with Gasteiger partial charge in [0.2, 0.25) is 0 Å². The fourth-order valence-corrected chi connectivity index (χ4v) is 5.29. The minimum Gasteiger partial charge on any atom is -0.444 e. The number of thioether (sulfide) groups is 1. The minimum atomic E-state index is -0.500. The van der Waals surface area contributed by atoms with E-state index in [1.807, 2.05) is 39.0 Å². The molecule has 200 valence electrons. The number of benzene rings is 1. The van der Waals surface area contributed by atoms with E-state index < -0.39 is 11.4 Å². The highest BCUT2D eigenvalue weighted by molar-refractivity contribution is 7.99. The maximum absolute atomic E-state index is 14.6. The average Bonchev–Trinajstić information content (AvgIpc) is 2.86. The first kappa shape index (κ1) is 27.4. The van der Waals surface area contributed by atoms with Crippen molar-refractivity contribution in [2.24, 2.45) is 0 Å². The molecule has 0 atom stereocenters. The zero-order valence-electron chi connectivity index (χ0n) is 21.8. The van der Waals surface area contributed by atoms with Crippen LogP contribution in [-0.4, -0.2) is 39.2 Å². The molecule has 0 bridgehead atoms. The van der Waals surface area contributed by atoms with E-state index in [0.29, 0.717) is 22.4 Å². The number of hydrogen-bond donors (Lipinski definition) is 4. The zero-order valence-corrected chi connectivity index (χ0v) is 22.6. The number of hydrogen-bond acceptors (Lipinski definition) is 8. The van der Waals surface area contributed by atoms with E-state index in [4.69, 9.17) is 15.1 Å². The molecule has 1 aliphatic carbocycles. The highest BCUT2D eigenvalue weighted by Gasteiger charge is 2.25. The monoisotopic (exact) mass is 536 g/mol. The second-order valence-corrected chi connectivity index (χ2v) is 11.5. The SMILES string of the molecule is CC(C)(C)OC(=O)NC1CCC(Sc2ccc3cnc(Nc4ccc(N/C=C\C=N)cc4F)cc3n2)CC1. The molecule has 0 saturated heterocycles. The first-order valence-electron chi connectivity index (χ1n) is 12.6. The van der Waals surface area contributed by atoms with Crippen molar-refractivity contribution in [3.63, 3.8) is 0 Å². The van der Waals surface area contributed by atoms with Gasteiger partial charge in [-0.15, -0.1) is 11.8 Å². The van der Waals surface area contributed by atoms with Gasteiger partial charge in [0.25, 0.3) is 0 Å². The molecule has 38 heavy (non-hydrogen) atoms. The third-order valence-electron chi connectivity index (χ3n) is 5.90. The Hall–Kier alpha value is -3.66. The highest BCUT2D eigenvalue weighted by atomic mass is 32.2. The molecule has 2 aromatic heterocycles. The van der Waals surface area contributed by atoms with E-state index in [-0.39, 0.29) is 12.1 Å². The van der Waals surface area contributed by atoms with Crippen molar-refractivity contribution in [2.75, 3.05) is 10.6 Å². The predicted molar refractivity (Wildman–Crippen MR) is 152 cm³/mol. The van der Waals surface area contributed by atoms with Gasteiger partial charge in [0.15, 0.2) is 0 Å². The summed E-state index contributed by atoms with van der Waals surface area (Å²) >= 11 is 1.75. The van der Waals surface area contributed by atoms with Crippen molar-refractivity contribution < 1.29 is 13.9 Å².